The van der Waals surface area contributed by atoms with Crippen LogP contribution in [0.4, 0.5) is 0 Å². The van der Waals surface area contributed by atoms with E-state index in [9.17, 15) is 14.2 Å². The Morgan fingerprint density at radius 1 is 1.17 bits per heavy atom. The molecule has 106 valence electrons. The van der Waals surface area contributed by atoms with E-state index >= 15 is 0 Å². The summed E-state index contributed by atoms with van der Waals surface area (Å²) in [4.78, 5) is 22.2. The Morgan fingerprint density at radius 2 is 1.72 bits per heavy atom. The molecule has 0 aliphatic carbocycles. The molecule has 1 atom stereocenters. The SMILES string of the molecule is CCOC(=O)C(CCC=O)P(=O)(OCC)OCC. The summed E-state index contributed by atoms with van der Waals surface area (Å²) >= 11 is 0. The first-order valence-corrected chi connectivity index (χ1v) is 7.65. The number of carbonyl (C=O) groups excluding carboxylic acids is 2. The number of hydrogen-bond acceptors (Lipinski definition) is 6. The van der Waals surface area contributed by atoms with Gasteiger partial charge >= 0.3 is 13.6 Å². The Hall–Kier alpha value is -0.710. The maximum absolute atomic E-state index is 12.5. The van der Waals surface area contributed by atoms with Crippen molar-refractivity contribution in [3.63, 3.8) is 0 Å². The Morgan fingerprint density at radius 3 is 2.11 bits per heavy atom. The van der Waals surface area contributed by atoms with Crippen LogP contribution in [0.25, 0.3) is 0 Å². The van der Waals surface area contributed by atoms with E-state index in [-0.39, 0.29) is 32.7 Å². The van der Waals surface area contributed by atoms with E-state index in [1.807, 2.05) is 0 Å². The van der Waals surface area contributed by atoms with Crippen molar-refractivity contribution in [2.24, 2.45) is 0 Å². The van der Waals surface area contributed by atoms with Gasteiger partial charge in [-0.3, -0.25) is 9.36 Å². The van der Waals surface area contributed by atoms with Crippen LogP contribution in [-0.4, -0.2) is 37.7 Å². The molecule has 0 heterocycles. The van der Waals surface area contributed by atoms with Crippen LogP contribution in [-0.2, 0) is 27.9 Å². The van der Waals surface area contributed by atoms with Gasteiger partial charge in [0.2, 0.25) is 0 Å². The van der Waals surface area contributed by atoms with E-state index in [2.05, 4.69) is 0 Å². The molecule has 0 saturated heterocycles. The van der Waals surface area contributed by atoms with Crippen molar-refractivity contribution >= 4 is 19.9 Å². The minimum atomic E-state index is -3.58. The summed E-state index contributed by atoms with van der Waals surface area (Å²) in [7, 11) is -3.58. The fraction of sp³-hybridized carbons (Fsp3) is 0.818. The zero-order valence-electron chi connectivity index (χ0n) is 11.1. The molecule has 0 N–H and O–H groups in total. The molecule has 0 aromatic carbocycles. The Balaban J connectivity index is 5.01. The Bertz CT molecular complexity index is 294. The van der Waals surface area contributed by atoms with E-state index in [4.69, 9.17) is 13.8 Å². The fourth-order valence-electron chi connectivity index (χ4n) is 1.45. The van der Waals surface area contributed by atoms with Gasteiger partial charge in [0.15, 0.2) is 5.66 Å². The second kappa shape index (κ2) is 9.25. The Labute approximate surface area is 108 Å². The molecule has 7 heteroatoms. The third-order valence-electron chi connectivity index (χ3n) is 2.12. The predicted octanol–water partition coefficient (Wildman–Crippen LogP) is 2.16. The molecule has 0 amide bonds. The normalized spacial score (nSPS) is 13.1. The largest absolute Gasteiger partial charge is 0.465 e. The first kappa shape index (κ1) is 17.3. The number of rotatable bonds is 10. The van der Waals surface area contributed by atoms with Crippen molar-refractivity contribution in [1.82, 2.24) is 0 Å². The lowest BCUT2D eigenvalue weighted by Gasteiger charge is -2.24. The number of carbonyl (C=O) groups is 2. The van der Waals surface area contributed by atoms with Crippen LogP contribution in [0, 0.1) is 0 Å². The number of ether oxygens (including phenoxy) is 1. The topological polar surface area (TPSA) is 78.9 Å². The third-order valence-corrected chi connectivity index (χ3v) is 4.59. The minimum absolute atomic E-state index is 0.0968. The molecule has 0 fully saturated rings. The molecule has 18 heavy (non-hydrogen) atoms. The van der Waals surface area contributed by atoms with E-state index in [1.165, 1.54) is 0 Å². The lowest BCUT2D eigenvalue weighted by Crippen LogP contribution is -2.26. The van der Waals surface area contributed by atoms with Crippen molar-refractivity contribution < 1.29 is 27.9 Å². The predicted molar refractivity (Wildman–Crippen MR) is 66.6 cm³/mol. The number of hydrogen-bond donors (Lipinski definition) is 0. The van der Waals surface area contributed by atoms with E-state index in [0.717, 1.165) is 0 Å². The monoisotopic (exact) mass is 280 g/mol. The van der Waals surface area contributed by atoms with Crippen molar-refractivity contribution in [3.8, 4) is 0 Å². The van der Waals surface area contributed by atoms with Crippen molar-refractivity contribution in [2.45, 2.75) is 39.3 Å². The van der Waals surface area contributed by atoms with Crippen LogP contribution >= 0.6 is 7.60 Å². The summed E-state index contributed by atoms with van der Waals surface area (Å²) in [5, 5.41) is 0. The van der Waals surface area contributed by atoms with Gasteiger partial charge in [-0.2, -0.15) is 0 Å². The highest BCUT2D eigenvalue weighted by molar-refractivity contribution is 7.55. The van der Waals surface area contributed by atoms with Gasteiger partial charge in [0.05, 0.1) is 19.8 Å². The molecular weight excluding hydrogens is 259 g/mol. The van der Waals surface area contributed by atoms with Crippen LogP contribution < -0.4 is 0 Å². The lowest BCUT2D eigenvalue weighted by atomic mass is 10.2. The van der Waals surface area contributed by atoms with Gasteiger partial charge in [-0.05, 0) is 27.2 Å². The van der Waals surface area contributed by atoms with Crippen molar-refractivity contribution in [3.05, 3.63) is 0 Å². The van der Waals surface area contributed by atoms with Crippen molar-refractivity contribution in [2.75, 3.05) is 19.8 Å². The van der Waals surface area contributed by atoms with Crippen molar-refractivity contribution in [1.29, 1.82) is 0 Å². The summed E-state index contributed by atoms with van der Waals surface area (Å²) in [5.41, 5.74) is -1.04. The minimum Gasteiger partial charge on any atom is -0.465 e. The molecule has 0 aliphatic heterocycles. The molecule has 0 aromatic heterocycles. The summed E-state index contributed by atoms with van der Waals surface area (Å²) in [6, 6.07) is 0. The van der Waals surface area contributed by atoms with Gasteiger partial charge < -0.3 is 18.6 Å². The summed E-state index contributed by atoms with van der Waals surface area (Å²) in [6.07, 6.45) is 0.863. The second-order valence-electron chi connectivity index (χ2n) is 3.39. The summed E-state index contributed by atoms with van der Waals surface area (Å²) < 4.78 is 27.6. The van der Waals surface area contributed by atoms with Gasteiger partial charge in [0, 0.05) is 6.42 Å². The maximum atomic E-state index is 12.5. The molecule has 6 nitrogen and oxygen atoms in total. The van der Waals surface area contributed by atoms with Crippen LogP contribution in [0.2, 0.25) is 0 Å². The fourth-order valence-corrected chi connectivity index (χ4v) is 3.40. The number of esters is 1. The average Bonchev–Trinajstić information content (AvgIpc) is 2.30. The van der Waals surface area contributed by atoms with Crippen LogP contribution in [0.15, 0.2) is 0 Å². The summed E-state index contributed by atoms with van der Waals surface area (Å²) in [6.45, 7) is 5.47. The van der Waals surface area contributed by atoms with Gasteiger partial charge in [-0.1, -0.05) is 0 Å². The third kappa shape index (κ3) is 5.29. The maximum Gasteiger partial charge on any atom is 0.344 e. The highest BCUT2D eigenvalue weighted by Gasteiger charge is 2.41. The van der Waals surface area contributed by atoms with E-state index in [1.54, 1.807) is 20.8 Å². The average molecular weight is 280 g/mol. The van der Waals surface area contributed by atoms with Gasteiger partial charge in [0.25, 0.3) is 0 Å². The lowest BCUT2D eigenvalue weighted by molar-refractivity contribution is -0.143. The first-order valence-electron chi connectivity index (χ1n) is 6.04. The molecule has 0 spiro atoms. The van der Waals surface area contributed by atoms with E-state index in [0.29, 0.717) is 6.29 Å². The van der Waals surface area contributed by atoms with Crippen LogP contribution in [0.5, 0.6) is 0 Å². The molecular formula is C11H21O6P. The molecule has 0 aliphatic rings. The highest BCUT2D eigenvalue weighted by atomic mass is 31.2. The van der Waals surface area contributed by atoms with Gasteiger partial charge in [-0.15, -0.1) is 0 Å². The smallest absolute Gasteiger partial charge is 0.344 e. The molecule has 0 saturated carbocycles. The summed E-state index contributed by atoms with van der Waals surface area (Å²) in [5.74, 6) is -0.649. The zero-order valence-corrected chi connectivity index (χ0v) is 12.0. The number of aldehydes is 1. The zero-order chi connectivity index (χ0) is 14.0. The Kier molecular flexibility index (Phi) is 8.89. The van der Waals surface area contributed by atoms with E-state index < -0.39 is 19.2 Å². The van der Waals surface area contributed by atoms with Crippen LogP contribution in [0.3, 0.4) is 0 Å². The quantitative estimate of drug-likeness (QED) is 0.346. The molecule has 1 unspecified atom stereocenters. The highest BCUT2D eigenvalue weighted by Crippen LogP contribution is 2.54. The molecule has 0 rings (SSSR count). The molecule has 0 radical (unpaired) electrons. The van der Waals surface area contributed by atoms with Crippen LogP contribution in [0.1, 0.15) is 33.6 Å². The second-order valence-corrected chi connectivity index (χ2v) is 5.61. The standard InChI is InChI=1S/C11H21O6P/c1-4-15-11(13)10(8-7-9-12)18(14,16-5-2)17-6-3/h9-10H,4-8H2,1-3H3. The molecule has 0 aromatic rings. The van der Waals surface area contributed by atoms with Gasteiger partial charge in [0.1, 0.15) is 6.29 Å². The first-order chi connectivity index (χ1) is 8.55. The molecule has 0 bridgehead atoms. The van der Waals surface area contributed by atoms with Gasteiger partial charge in [-0.25, -0.2) is 0 Å².